The molecular weight excluding hydrogens is 355 g/mol. The first-order chi connectivity index (χ1) is 13.7. The van der Waals surface area contributed by atoms with Crippen LogP contribution in [0.1, 0.15) is 16.7 Å². The minimum Gasteiger partial charge on any atom is -0.496 e. The zero-order valence-electron chi connectivity index (χ0n) is 15.8. The van der Waals surface area contributed by atoms with E-state index in [9.17, 15) is 4.39 Å². The Hall–Kier alpha value is -3.12. The molecular formula is C22H23FN4O. The predicted octanol–water partition coefficient (Wildman–Crippen LogP) is 3.89. The minimum atomic E-state index is -0.204. The number of fused-ring (bicyclic) bond motifs is 1. The van der Waals surface area contributed by atoms with Gasteiger partial charge in [0, 0.05) is 41.6 Å². The van der Waals surface area contributed by atoms with Gasteiger partial charge >= 0.3 is 0 Å². The van der Waals surface area contributed by atoms with Gasteiger partial charge in [0.2, 0.25) is 0 Å². The molecule has 0 aliphatic carbocycles. The van der Waals surface area contributed by atoms with Crippen molar-refractivity contribution in [1.29, 1.82) is 0 Å². The highest BCUT2D eigenvalue weighted by Gasteiger charge is 2.07. The lowest BCUT2D eigenvalue weighted by molar-refractivity contribution is 0.407. The highest BCUT2D eigenvalue weighted by atomic mass is 19.1. The molecule has 0 amide bonds. The molecule has 28 heavy (non-hydrogen) atoms. The zero-order chi connectivity index (χ0) is 19.3. The van der Waals surface area contributed by atoms with Crippen LogP contribution in [0.4, 0.5) is 4.39 Å². The van der Waals surface area contributed by atoms with E-state index in [2.05, 4.69) is 27.5 Å². The Labute approximate surface area is 163 Å². The first-order valence-electron chi connectivity index (χ1n) is 9.32. The molecule has 144 valence electrons. The molecule has 0 aliphatic rings. The molecule has 0 fully saturated rings. The third-order valence-corrected chi connectivity index (χ3v) is 4.87. The van der Waals surface area contributed by atoms with Gasteiger partial charge in [-0.15, -0.1) is 0 Å². The number of ether oxygens (including phenoxy) is 1. The van der Waals surface area contributed by atoms with E-state index in [1.165, 1.54) is 11.6 Å². The number of H-pyrrole nitrogens is 1. The van der Waals surface area contributed by atoms with Gasteiger partial charge in [-0.2, -0.15) is 5.10 Å². The second-order valence-electron chi connectivity index (χ2n) is 6.78. The average Bonchev–Trinajstić information content (AvgIpc) is 3.35. The Kier molecular flexibility index (Phi) is 5.39. The Morgan fingerprint density at radius 2 is 2.11 bits per heavy atom. The van der Waals surface area contributed by atoms with Crippen molar-refractivity contribution in [3.63, 3.8) is 0 Å². The summed E-state index contributed by atoms with van der Waals surface area (Å²) < 4.78 is 20.9. The number of hydrogen-bond donors (Lipinski definition) is 2. The number of rotatable bonds is 8. The summed E-state index contributed by atoms with van der Waals surface area (Å²) >= 11 is 0. The Balaban J connectivity index is 1.37. The molecule has 6 heteroatoms. The topological polar surface area (TPSA) is 54.9 Å². The second-order valence-corrected chi connectivity index (χ2v) is 6.78. The van der Waals surface area contributed by atoms with Crippen LogP contribution in [0.15, 0.2) is 61.1 Å². The van der Waals surface area contributed by atoms with Gasteiger partial charge in [-0.05, 0) is 60.5 Å². The lowest BCUT2D eigenvalue weighted by atomic mass is 10.1. The lowest BCUT2D eigenvalue weighted by Gasteiger charge is -2.12. The molecule has 0 unspecified atom stereocenters. The van der Waals surface area contributed by atoms with Crippen molar-refractivity contribution < 1.29 is 9.13 Å². The molecule has 2 N–H and O–H groups in total. The van der Waals surface area contributed by atoms with Crippen LogP contribution in [-0.2, 0) is 19.5 Å². The van der Waals surface area contributed by atoms with Crippen LogP contribution in [-0.4, -0.2) is 28.4 Å². The minimum absolute atomic E-state index is 0.204. The third-order valence-electron chi connectivity index (χ3n) is 4.87. The first-order valence-corrected chi connectivity index (χ1v) is 9.32. The fourth-order valence-electron chi connectivity index (χ4n) is 3.45. The van der Waals surface area contributed by atoms with E-state index >= 15 is 0 Å². The number of nitrogens with zero attached hydrogens (tertiary/aromatic N) is 2. The normalized spacial score (nSPS) is 11.2. The van der Waals surface area contributed by atoms with Crippen LogP contribution in [0.3, 0.4) is 0 Å². The molecule has 0 saturated heterocycles. The molecule has 0 bridgehead atoms. The van der Waals surface area contributed by atoms with Crippen LogP contribution < -0.4 is 10.1 Å². The van der Waals surface area contributed by atoms with Crippen molar-refractivity contribution in [2.24, 2.45) is 0 Å². The standard InChI is InChI=1S/C22H23FN4O/c1-28-22-6-3-16(11-18(22)15-27-10-2-8-26-27)13-24-9-7-17-14-25-21-5-4-19(23)12-20(17)21/h2-6,8,10-12,14,24-25H,7,9,13,15H2,1H3. The van der Waals surface area contributed by atoms with Gasteiger partial charge in [-0.3, -0.25) is 4.68 Å². The van der Waals surface area contributed by atoms with Crippen LogP contribution >= 0.6 is 0 Å². The Morgan fingerprint density at radius 3 is 2.93 bits per heavy atom. The zero-order valence-corrected chi connectivity index (χ0v) is 15.8. The molecule has 4 rings (SSSR count). The summed E-state index contributed by atoms with van der Waals surface area (Å²) in [5.74, 6) is 0.657. The van der Waals surface area contributed by atoms with E-state index in [0.717, 1.165) is 47.3 Å². The van der Waals surface area contributed by atoms with Crippen molar-refractivity contribution >= 4 is 10.9 Å². The lowest BCUT2D eigenvalue weighted by Crippen LogP contribution is -2.17. The smallest absolute Gasteiger partial charge is 0.123 e. The SMILES string of the molecule is COc1ccc(CNCCc2c[nH]c3ccc(F)cc23)cc1Cn1cccn1. The summed E-state index contributed by atoms with van der Waals surface area (Å²) in [7, 11) is 1.68. The van der Waals surface area contributed by atoms with Crippen molar-refractivity contribution in [2.45, 2.75) is 19.5 Å². The molecule has 0 saturated carbocycles. The van der Waals surface area contributed by atoms with Crippen LogP contribution in [0.25, 0.3) is 10.9 Å². The highest BCUT2D eigenvalue weighted by molar-refractivity contribution is 5.83. The molecule has 0 aliphatic heterocycles. The average molecular weight is 378 g/mol. The van der Waals surface area contributed by atoms with E-state index in [1.54, 1.807) is 25.4 Å². The maximum atomic E-state index is 13.5. The van der Waals surface area contributed by atoms with Crippen LogP contribution in [0.5, 0.6) is 5.75 Å². The van der Waals surface area contributed by atoms with Gasteiger partial charge in [0.1, 0.15) is 11.6 Å². The van der Waals surface area contributed by atoms with Crippen molar-refractivity contribution in [3.05, 3.63) is 83.6 Å². The summed E-state index contributed by atoms with van der Waals surface area (Å²) in [6.45, 7) is 2.24. The highest BCUT2D eigenvalue weighted by Crippen LogP contribution is 2.21. The van der Waals surface area contributed by atoms with E-state index < -0.39 is 0 Å². The van der Waals surface area contributed by atoms with Gasteiger partial charge < -0.3 is 15.0 Å². The number of aromatic amines is 1. The monoisotopic (exact) mass is 378 g/mol. The van der Waals surface area contributed by atoms with E-state index in [4.69, 9.17) is 4.74 Å². The number of halogens is 1. The van der Waals surface area contributed by atoms with Gasteiger partial charge in [0.25, 0.3) is 0 Å². The van der Waals surface area contributed by atoms with Gasteiger partial charge in [-0.25, -0.2) is 4.39 Å². The van der Waals surface area contributed by atoms with Crippen molar-refractivity contribution in [3.8, 4) is 5.75 Å². The predicted molar refractivity (Wildman–Crippen MR) is 108 cm³/mol. The summed E-state index contributed by atoms with van der Waals surface area (Å²) in [6, 6.07) is 13.0. The molecule has 4 aromatic rings. The summed E-state index contributed by atoms with van der Waals surface area (Å²) in [5, 5.41) is 8.69. The van der Waals surface area contributed by atoms with Gasteiger partial charge in [0.15, 0.2) is 0 Å². The Morgan fingerprint density at radius 1 is 1.18 bits per heavy atom. The first kappa shape index (κ1) is 18.3. The maximum Gasteiger partial charge on any atom is 0.123 e. The largest absolute Gasteiger partial charge is 0.496 e. The summed E-state index contributed by atoms with van der Waals surface area (Å²) in [4.78, 5) is 3.20. The van der Waals surface area contributed by atoms with E-state index in [-0.39, 0.29) is 5.82 Å². The van der Waals surface area contributed by atoms with E-state index in [0.29, 0.717) is 6.54 Å². The van der Waals surface area contributed by atoms with Crippen LogP contribution in [0.2, 0.25) is 0 Å². The van der Waals surface area contributed by atoms with Crippen molar-refractivity contribution in [2.75, 3.05) is 13.7 Å². The molecule has 2 heterocycles. The molecule has 2 aromatic heterocycles. The van der Waals surface area contributed by atoms with Crippen LogP contribution in [0, 0.1) is 5.82 Å². The Bertz CT molecular complexity index is 1060. The molecule has 0 spiro atoms. The number of nitrogens with one attached hydrogen (secondary N) is 2. The summed E-state index contributed by atoms with van der Waals surface area (Å²) in [6.07, 6.45) is 6.50. The molecule has 5 nitrogen and oxygen atoms in total. The molecule has 2 aromatic carbocycles. The van der Waals surface area contributed by atoms with Crippen molar-refractivity contribution in [1.82, 2.24) is 20.1 Å². The molecule has 0 radical (unpaired) electrons. The van der Waals surface area contributed by atoms with Gasteiger partial charge in [-0.1, -0.05) is 6.07 Å². The summed E-state index contributed by atoms with van der Waals surface area (Å²) in [5.41, 5.74) is 4.37. The maximum absolute atomic E-state index is 13.5. The number of hydrogen-bond acceptors (Lipinski definition) is 3. The third kappa shape index (κ3) is 4.07. The fraction of sp³-hybridized carbons (Fsp3) is 0.227. The fourth-order valence-corrected chi connectivity index (χ4v) is 3.45. The van der Waals surface area contributed by atoms with E-state index in [1.807, 2.05) is 29.2 Å². The molecule has 0 atom stereocenters. The quantitative estimate of drug-likeness (QED) is 0.457. The number of methoxy groups -OCH3 is 1. The second kappa shape index (κ2) is 8.27. The number of benzene rings is 2. The van der Waals surface area contributed by atoms with Gasteiger partial charge in [0.05, 0.1) is 13.7 Å². The number of aromatic nitrogens is 3.